The van der Waals surface area contributed by atoms with Gasteiger partial charge in [0.1, 0.15) is 10.7 Å². The molecule has 0 saturated heterocycles. The lowest BCUT2D eigenvalue weighted by Crippen LogP contribution is -2.26. The summed E-state index contributed by atoms with van der Waals surface area (Å²) in [6.07, 6.45) is 0. The van der Waals surface area contributed by atoms with Crippen LogP contribution in [0, 0.1) is 13.8 Å². The first kappa shape index (κ1) is 23.7. The zero-order valence-electron chi connectivity index (χ0n) is 17.8. The van der Waals surface area contributed by atoms with Crippen LogP contribution in [0.15, 0.2) is 38.6 Å². The van der Waals surface area contributed by atoms with Gasteiger partial charge in [-0.1, -0.05) is 24.6 Å². The predicted octanol–water partition coefficient (Wildman–Crippen LogP) is 3.63. The summed E-state index contributed by atoms with van der Waals surface area (Å²) in [6, 6.07) is 5.72. The second kappa shape index (κ2) is 8.89. The van der Waals surface area contributed by atoms with Crippen LogP contribution < -0.4 is 15.5 Å². The molecule has 1 aromatic carbocycles. The number of anilines is 1. The van der Waals surface area contributed by atoms with Crippen molar-refractivity contribution in [1.82, 2.24) is 9.71 Å². The monoisotopic (exact) mass is 479 g/mol. The molecule has 2 heterocycles. The number of aromatic carboxylic acids is 1. The Morgan fingerprint density at radius 2 is 1.97 bits per heavy atom. The third kappa shape index (κ3) is 4.47. The van der Waals surface area contributed by atoms with E-state index in [1.807, 2.05) is 0 Å². The summed E-state index contributed by atoms with van der Waals surface area (Å²) in [4.78, 5) is 28.4. The van der Waals surface area contributed by atoms with Gasteiger partial charge in [-0.25, -0.2) is 22.9 Å². The summed E-state index contributed by atoms with van der Waals surface area (Å²) < 4.78 is 33.3. The van der Waals surface area contributed by atoms with Crippen molar-refractivity contribution in [2.24, 2.45) is 0 Å². The number of carbonyl (C=O) groups is 1. The Hall–Kier alpha value is -2.95. The first-order chi connectivity index (χ1) is 15.0. The fourth-order valence-corrected chi connectivity index (χ4v) is 4.75. The number of carboxylic acids is 1. The number of aryl methyl sites for hydroxylation is 1. The number of hydrogen-bond donors (Lipinski definition) is 3. The van der Waals surface area contributed by atoms with Crippen molar-refractivity contribution in [2.75, 3.05) is 11.9 Å². The van der Waals surface area contributed by atoms with E-state index in [2.05, 4.69) is 15.0 Å². The molecule has 0 aliphatic heterocycles. The number of benzene rings is 1. The average Bonchev–Trinajstić information content (AvgIpc) is 2.71. The van der Waals surface area contributed by atoms with E-state index in [1.54, 1.807) is 32.9 Å². The molecule has 170 valence electrons. The first-order valence-electron chi connectivity index (χ1n) is 9.70. The molecule has 0 aliphatic rings. The molecule has 11 heteroatoms. The summed E-state index contributed by atoms with van der Waals surface area (Å²) in [6.45, 7) is 6.67. The molecule has 9 nitrogen and oxygen atoms in total. The molecule has 0 aliphatic carbocycles. The fourth-order valence-electron chi connectivity index (χ4n) is 3.41. The Labute approximate surface area is 189 Å². The van der Waals surface area contributed by atoms with Crippen LogP contribution in [-0.2, 0) is 10.0 Å². The summed E-state index contributed by atoms with van der Waals surface area (Å²) >= 11 is 5.82. The number of nitrogens with one attached hydrogen (secondary N) is 2. The Bertz CT molecular complexity index is 1380. The molecule has 1 atom stereocenters. The minimum absolute atomic E-state index is 0.0225. The minimum Gasteiger partial charge on any atom is -0.476 e. The molecular weight excluding hydrogens is 458 g/mol. The van der Waals surface area contributed by atoms with Crippen LogP contribution in [0.4, 0.5) is 5.69 Å². The smallest absolute Gasteiger partial charge is 0.356 e. The van der Waals surface area contributed by atoms with Gasteiger partial charge in [0.2, 0.25) is 5.09 Å². The molecule has 0 amide bonds. The molecule has 0 radical (unpaired) electrons. The zero-order valence-corrected chi connectivity index (χ0v) is 19.4. The summed E-state index contributed by atoms with van der Waals surface area (Å²) in [7, 11) is -4.03. The van der Waals surface area contributed by atoms with Crippen LogP contribution in [0.3, 0.4) is 0 Å². The van der Waals surface area contributed by atoms with Crippen molar-refractivity contribution in [3.8, 4) is 0 Å². The van der Waals surface area contributed by atoms with Gasteiger partial charge in [0, 0.05) is 12.1 Å². The second-order valence-electron chi connectivity index (χ2n) is 7.28. The lowest BCUT2D eigenvalue weighted by molar-refractivity contribution is 0.0691. The highest BCUT2D eigenvalue weighted by Gasteiger charge is 2.25. The minimum atomic E-state index is -4.03. The highest BCUT2D eigenvalue weighted by atomic mass is 35.5. The summed E-state index contributed by atoms with van der Waals surface area (Å²) in [5.41, 5.74) is 0.790. The van der Waals surface area contributed by atoms with Crippen molar-refractivity contribution >= 4 is 44.3 Å². The highest BCUT2D eigenvalue weighted by Crippen LogP contribution is 2.31. The van der Waals surface area contributed by atoms with Crippen LogP contribution in [-0.4, -0.2) is 31.0 Å². The Morgan fingerprint density at radius 3 is 2.59 bits per heavy atom. The van der Waals surface area contributed by atoms with E-state index in [1.165, 1.54) is 19.1 Å². The molecule has 2 aromatic heterocycles. The third-order valence-electron chi connectivity index (χ3n) is 4.83. The van der Waals surface area contributed by atoms with Gasteiger partial charge in [0.15, 0.2) is 11.1 Å². The average molecular weight is 480 g/mol. The number of hydrogen-bond acceptors (Lipinski definition) is 7. The zero-order chi connectivity index (χ0) is 23.8. The van der Waals surface area contributed by atoms with E-state index in [4.69, 9.17) is 16.0 Å². The van der Waals surface area contributed by atoms with E-state index in [0.29, 0.717) is 5.56 Å². The van der Waals surface area contributed by atoms with Gasteiger partial charge in [-0.05, 0) is 44.5 Å². The van der Waals surface area contributed by atoms with Crippen LogP contribution in [0.2, 0.25) is 5.15 Å². The van der Waals surface area contributed by atoms with E-state index >= 15 is 0 Å². The van der Waals surface area contributed by atoms with Crippen LogP contribution in [0.5, 0.6) is 0 Å². The Morgan fingerprint density at radius 1 is 1.28 bits per heavy atom. The fraction of sp³-hybridized carbons (Fsp3) is 0.286. The summed E-state index contributed by atoms with van der Waals surface area (Å²) in [5, 5.41) is 12.3. The van der Waals surface area contributed by atoms with Gasteiger partial charge in [-0.3, -0.25) is 4.79 Å². The molecule has 1 unspecified atom stereocenters. The van der Waals surface area contributed by atoms with E-state index in [-0.39, 0.29) is 39.6 Å². The van der Waals surface area contributed by atoms with Gasteiger partial charge in [0.25, 0.3) is 10.0 Å². The molecule has 3 N–H and O–H groups in total. The van der Waals surface area contributed by atoms with E-state index in [0.717, 1.165) is 5.56 Å². The molecule has 0 fully saturated rings. The van der Waals surface area contributed by atoms with Crippen LogP contribution in [0.25, 0.3) is 11.0 Å². The van der Waals surface area contributed by atoms with E-state index < -0.39 is 32.6 Å². The van der Waals surface area contributed by atoms with Crippen LogP contribution in [0.1, 0.15) is 47.1 Å². The first-order valence-corrected chi connectivity index (χ1v) is 11.6. The lowest BCUT2D eigenvalue weighted by Gasteiger charge is -2.19. The van der Waals surface area contributed by atoms with Crippen molar-refractivity contribution < 1.29 is 22.7 Å². The van der Waals surface area contributed by atoms with Gasteiger partial charge < -0.3 is 14.8 Å². The van der Waals surface area contributed by atoms with E-state index in [9.17, 15) is 23.1 Å². The van der Waals surface area contributed by atoms with Crippen molar-refractivity contribution in [3.63, 3.8) is 0 Å². The summed E-state index contributed by atoms with van der Waals surface area (Å²) in [5.74, 6) is -1.27. The number of rotatable bonds is 7. The lowest BCUT2D eigenvalue weighted by atomic mass is 10.0. The van der Waals surface area contributed by atoms with Gasteiger partial charge >= 0.3 is 5.97 Å². The predicted molar refractivity (Wildman–Crippen MR) is 121 cm³/mol. The maximum Gasteiger partial charge on any atom is 0.356 e. The normalized spacial score (nSPS) is 12.7. The van der Waals surface area contributed by atoms with Crippen LogP contribution >= 0.6 is 11.6 Å². The van der Waals surface area contributed by atoms with Gasteiger partial charge in [-0.2, -0.15) is 0 Å². The highest BCUT2D eigenvalue weighted by molar-refractivity contribution is 7.89. The molecule has 0 bridgehead atoms. The van der Waals surface area contributed by atoms with Gasteiger partial charge in [0.05, 0.1) is 22.7 Å². The molecule has 32 heavy (non-hydrogen) atoms. The molecule has 0 spiro atoms. The maximum absolute atomic E-state index is 13.0. The number of carboxylic acid groups (broad SMARTS) is 1. The number of nitrogens with zero attached hydrogens (tertiary/aromatic N) is 1. The largest absolute Gasteiger partial charge is 0.476 e. The van der Waals surface area contributed by atoms with Crippen molar-refractivity contribution in [1.29, 1.82) is 0 Å². The third-order valence-corrected chi connectivity index (χ3v) is 6.59. The molecular formula is C21H22ClN3O6S. The second-order valence-corrected chi connectivity index (χ2v) is 9.33. The SMILES string of the molecule is CCNS(=O)(=O)c1oc2c(C(C)Nc3ccc(Cl)nc3C(=O)O)cc(C)cc2c(=O)c1C. The topological polar surface area (TPSA) is 139 Å². The number of halogens is 1. The number of aromatic nitrogens is 1. The Kier molecular flexibility index (Phi) is 6.59. The molecule has 0 saturated carbocycles. The standard InChI is InChI=1S/C21H22ClN3O6S/c1-5-23-32(29,30)21-11(3)18(26)14-9-10(2)8-13(19(14)31-21)12(4)24-15-6-7-16(22)25-17(15)20(27)28/h6-9,12,23-24H,5H2,1-4H3,(H,27,28). The van der Waals surface area contributed by atoms with Crippen molar-refractivity contribution in [3.05, 3.63) is 62.0 Å². The molecule has 3 rings (SSSR count). The molecule has 3 aromatic rings. The quantitative estimate of drug-likeness (QED) is 0.436. The van der Waals surface area contributed by atoms with Crippen molar-refractivity contribution in [2.45, 2.75) is 38.8 Å². The number of sulfonamides is 1. The maximum atomic E-state index is 13.0. The van der Waals surface area contributed by atoms with Gasteiger partial charge in [-0.15, -0.1) is 0 Å². The number of pyridine rings is 1. The Balaban J connectivity index is 2.22. The number of fused-ring (bicyclic) bond motifs is 1.